The molecular weight excluding hydrogens is 244 g/mol. The second kappa shape index (κ2) is 6.25. The van der Waals surface area contributed by atoms with Crippen LogP contribution in [-0.4, -0.2) is 42.2 Å². The summed E-state index contributed by atoms with van der Waals surface area (Å²) in [5, 5.41) is 3.35. The summed E-state index contributed by atoms with van der Waals surface area (Å²) in [5.41, 5.74) is 1.25. The van der Waals surface area contributed by atoms with E-state index < -0.39 is 0 Å². The number of piperazine rings is 1. The minimum atomic E-state index is 0.244. The summed E-state index contributed by atoms with van der Waals surface area (Å²) in [5.74, 6) is 0.782. The zero-order chi connectivity index (χ0) is 13.0. The lowest BCUT2D eigenvalue weighted by atomic mass is 10.2. The van der Waals surface area contributed by atoms with Crippen molar-refractivity contribution < 1.29 is 4.79 Å². The number of carbonyl (C=O) groups is 1. The Bertz CT molecular complexity index is 405. The smallest absolute Gasteiger partial charge is 0.233 e. The molecule has 0 aromatic heterocycles. The number of benzene rings is 1. The SMILES string of the molecule is Cc1ccc(SCC(=O)N2CCNC(C)C2)cc1. The molecule has 1 fully saturated rings. The van der Waals surface area contributed by atoms with Crippen molar-refractivity contribution in [3.8, 4) is 0 Å². The molecule has 1 amide bonds. The van der Waals surface area contributed by atoms with Gasteiger partial charge >= 0.3 is 0 Å². The Morgan fingerprint density at radius 2 is 2.17 bits per heavy atom. The number of nitrogens with zero attached hydrogens (tertiary/aromatic N) is 1. The zero-order valence-corrected chi connectivity index (χ0v) is 11.8. The van der Waals surface area contributed by atoms with E-state index in [1.807, 2.05) is 4.90 Å². The van der Waals surface area contributed by atoms with E-state index >= 15 is 0 Å². The molecule has 1 N–H and O–H groups in total. The van der Waals surface area contributed by atoms with Crippen LogP contribution in [0.5, 0.6) is 0 Å². The van der Waals surface area contributed by atoms with Crippen LogP contribution < -0.4 is 5.32 Å². The van der Waals surface area contributed by atoms with E-state index in [1.54, 1.807) is 11.8 Å². The predicted molar refractivity (Wildman–Crippen MR) is 75.9 cm³/mol. The van der Waals surface area contributed by atoms with Crippen LogP contribution in [0.3, 0.4) is 0 Å². The molecule has 1 saturated heterocycles. The average molecular weight is 264 g/mol. The average Bonchev–Trinajstić information content (AvgIpc) is 2.38. The van der Waals surface area contributed by atoms with Crippen LogP contribution in [0.4, 0.5) is 0 Å². The van der Waals surface area contributed by atoms with Gasteiger partial charge in [-0.2, -0.15) is 0 Å². The van der Waals surface area contributed by atoms with Gasteiger partial charge in [0.05, 0.1) is 5.75 Å². The zero-order valence-electron chi connectivity index (χ0n) is 11.0. The van der Waals surface area contributed by atoms with E-state index in [2.05, 4.69) is 43.4 Å². The molecule has 2 rings (SSSR count). The van der Waals surface area contributed by atoms with Crippen LogP contribution >= 0.6 is 11.8 Å². The monoisotopic (exact) mass is 264 g/mol. The summed E-state index contributed by atoms with van der Waals surface area (Å²) in [7, 11) is 0. The van der Waals surface area contributed by atoms with E-state index in [1.165, 1.54) is 5.56 Å². The van der Waals surface area contributed by atoms with E-state index in [0.29, 0.717) is 11.8 Å². The Balaban J connectivity index is 1.82. The van der Waals surface area contributed by atoms with Crippen molar-refractivity contribution in [3.63, 3.8) is 0 Å². The minimum Gasteiger partial charge on any atom is -0.339 e. The van der Waals surface area contributed by atoms with Gasteiger partial charge in [-0.05, 0) is 26.0 Å². The largest absolute Gasteiger partial charge is 0.339 e. The van der Waals surface area contributed by atoms with Gasteiger partial charge in [-0.3, -0.25) is 4.79 Å². The van der Waals surface area contributed by atoms with Crippen LogP contribution in [-0.2, 0) is 4.79 Å². The van der Waals surface area contributed by atoms with Crippen molar-refractivity contribution >= 4 is 17.7 Å². The Labute approximate surface area is 113 Å². The first-order valence-corrected chi connectivity index (χ1v) is 7.34. The third kappa shape index (κ3) is 3.75. The predicted octanol–water partition coefficient (Wildman–Crippen LogP) is 1.91. The Morgan fingerprint density at radius 1 is 1.44 bits per heavy atom. The molecule has 1 atom stereocenters. The maximum Gasteiger partial charge on any atom is 0.233 e. The molecule has 1 aliphatic rings. The molecule has 0 bridgehead atoms. The Hall–Kier alpha value is -1.00. The van der Waals surface area contributed by atoms with Crippen molar-refractivity contribution in [2.24, 2.45) is 0 Å². The van der Waals surface area contributed by atoms with Gasteiger partial charge in [-0.15, -0.1) is 11.8 Å². The number of rotatable bonds is 3. The molecule has 1 aromatic carbocycles. The molecule has 0 spiro atoms. The third-order valence-electron chi connectivity index (χ3n) is 3.10. The Morgan fingerprint density at radius 3 is 2.83 bits per heavy atom. The molecule has 0 radical (unpaired) electrons. The van der Waals surface area contributed by atoms with Gasteiger partial charge in [0, 0.05) is 30.6 Å². The molecule has 0 aliphatic carbocycles. The molecule has 3 nitrogen and oxygen atoms in total. The normalized spacial score (nSPS) is 19.9. The van der Waals surface area contributed by atoms with Gasteiger partial charge in [0.2, 0.25) is 5.91 Å². The first-order valence-electron chi connectivity index (χ1n) is 6.36. The van der Waals surface area contributed by atoms with Crippen molar-refractivity contribution in [3.05, 3.63) is 29.8 Å². The van der Waals surface area contributed by atoms with Gasteiger partial charge in [0.25, 0.3) is 0 Å². The number of hydrogen-bond acceptors (Lipinski definition) is 3. The van der Waals surface area contributed by atoms with E-state index in [9.17, 15) is 4.79 Å². The van der Waals surface area contributed by atoms with Crippen molar-refractivity contribution in [1.82, 2.24) is 10.2 Å². The molecular formula is C14H20N2OS. The summed E-state index contributed by atoms with van der Waals surface area (Å²) in [6.45, 7) is 6.75. The number of nitrogens with one attached hydrogen (secondary N) is 1. The van der Waals surface area contributed by atoms with Gasteiger partial charge in [-0.1, -0.05) is 17.7 Å². The lowest BCUT2D eigenvalue weighted by Gasteiger charge is -2.31. The molecule has 98 valence electrons. The highest BCUT2D eigenvalue weighted by atomic mass is 32.2. The van der Waals surface area contributed by atoms with Gasteiger partial charge in [0.1, 0.15) is 0 Å². The van der Waals surface area contributed by atoms with Crippen LogP contribution in [0.15, 0.2) is 29.2 Å². The van der Waals surface area contributed by atoms with Crippen LogP contribution in [0.2, 0.25) is 0 Å². The van der Waals surface area contributed by atoms with Gasteiger partial charge < -0.3 is 10.2 Å². The van der Waals surface area contributed by atoms with Gasteiger partial charge in [0.15, 0.2) is 0 Å². The fourth-order valence-corrected chi connectivity index (χ4v) is 2.83. The molecule has 1 heterocycles. The summed E-state index contributed by atoms with van der Waals surface area (Å²) in [6, 6.07) is 8.73. The lowest BCUT2D eigenvalue weighted by molar-refractivity contribution is -0.129. The molecule has 18 heavy (non-hydrogen) atoms. The maximum atomic E-state index is 12.1. The number of thioether (sulfide) groups is 1. The van der Waals surface area contributed by atoms with Crippen molar-refractivity contribution in [1.29, 1.82) is 0 Å². The van der Waals surface area contributed by atoms with Crippen LogP contribution in [0.25, 0.3) is 0 Å². The molecule has 1 aliphatic heterocycles. The van der Waals surface area contributed by atoms with Crippen LogP contribution in [0, 0.1) is 6.92 Å². The van der Waals surface area contributed by atoms with E-state index in [-0.39, 0.29) is 5.91 Å². The summed E-state index contributed by atoms with van der Waals surface area (Å²) in [4.78, 5) is 15.2. The third-order valence-corrected chi connectivity index (χ3v) is 4.10. The van der Waals surface area contributed by atoms with Crippen molar-refractivity contribution in [2.45, 2.75) is 24.8 Å². The quantitative estimate of drug-likeness (QED) is 0.846. The molecule has 0 saturated carbocycles. The minimum absolute atomic E-state index is 0.244. The number of amides is 1. The fourth-order valence-electron chi connectivity index (χ4n) is 2.03. The first kappa shape index (κ1) is 13.4. The summed E-state index contributed by atoms with van der Waals surface area (Å²) < 4.78 is 0. The maximum absolute atomic E-state index is 12.1. The Kier molecular flexibility index (Phi) is 4.66. The second-order valence-corrected chi connectivity index (χ2v) is 5.85. The number of carbonyl (C=O) groups excluding carboxylic acids is 1. The van der Waals surface area contributed by atoms with Gasteiger partial charge in [-0.25, -0.2) is 0 Å². The lowest BCUT2D eigenvalue weighted by Crippen LogP contribution is -2.51. The van der Waals surface area contributed by atoms with Crippen LogP contribution in [0.1, 0.15) is 12.5 Å². The van der Waals surface area contributed by atoms with E-state index in [4.69, 9.17) is 0 Å². The van der Waals surface area contributed by atoms with Crippen molar-refractivity contribution in [2.75, 3.05) is 25.4 Å². The van der Waals surface area contributed by atoms with E-state index in [0.717, 1.165) is 24.5 Å². The first-order chi connectivity index (χ1) is 8.65. The molecule has 1 aromatic rings. The standard InChI is InChI=1S/C14H20N2OS/c1-11-3-5-13(6-4-11)18-10-14(17)16-8-7-15-12(2)9-16/h3-6,12,15H,7-10H2,1-2H3. The highest BCUT2D eigenvalue weighted by Gasteiger charge is 2.20. The fraction of sp³-hybridized carbons (Fsp3) is 0.500. The summed E-state index contributed by atoms with van der Waals surface area (Å²) >= 11 is 1.62. The number of aryl methyl sites for hydroxylation is 1. The number of hydrogen-bond donors (Lipinski definition) is 1. The highest BCUT2D eigenvalue weighted by molar-refractivity contribution is 8.00. The highest BCUT2D eigenvalue weighted by Crippen LogP contribution is 2.18. The summed E-state index contributed by atoms with van der Waals surface area (Å²) in [6.07, 6.45) is 0. The molecule has 1 unspecified atom stereocenters. The molecule has 4 heteroatoms. The topological polar surface area (TPSA) is 32.3 Å². The second-order valence-electron chi connectivity index (χ2n) is 4.80.